The number of aromatic nitrogens is 2. The Morgan fingerprint density at radius 3 is 2.56 bits per heavy atom. The molecule has 0 aromatic carbocycles. The fourth-order valence-corrected chi connectivity index (χ4v) is 1.48. The fourth-order valence-electron chi connectivity index (χ4n) is 1.48. The lowest BCUT2D eigenvalue weighted by Crippen LogP contribution is -2.27. The average molecular weight is 254 g/mol. The Kier molecular flexibility index (Phi) is 5.64. The predicted octanol–water partition coefficient (Wildman–Crippen LogP) is 1.35. The van der Waals surface area contributed by atoms with Crippen LogP contribution in [-0.4, -0.2) is 41.4 Å². The zero-order chi connectivity index (χ0) is 13.5. The van der Waals surface area contributed by atoms with E-state index in [4.69, 9.17) is 9.84 Å². The predicted molar refractivity (Wildman–Crippen MR) is 72.1 cm³/mol. The Morgan fingerprint density at radius 2 is 2.00 bits per heavy atom. The highest BCUT2D eigenvalue weighted by Gasteiger charge is 2.16. The quantitative estimate of drug-likeness (QED) is 0.681. The van der Waals surface area contributed by atoms with E-state index < -0.39 is 0 Å². The molecule has 0 aliphatic carbocycles. The number of rotatable bonds is 7. The largest absolute Gasteiger partial charge is 0.490 e. The van der Waals surface area contributed by atoms with Crippen molar-refractivity contribution in [2.75, 3.05) is 30.9 Å². The Bertz CT molecular complexity index is 373. The molecule has 1 heterocycles. The molecule has 0 spiro atoms. The molecule has 0 aliphatic rings. The van der Waals surface area contributed by atoms with Crippen LogP contribution in [0.1, 0.15) is 20.8 Å². The van der Waals surface area contributed by atoms with Crippen molar-refractivity contribution in [2.45, 2.75) is 26.8 Å². The van der Waals surface area contributed by atoms with Crippen LogP contribution in [0.25, 0.3) is 0 Å². The molecule has 2 atom stereocenters. The average Bonchev–Trinajstić information content (AvgIpc) is 2.38. The Hall–Kier alpha value is -1.56. The number of aliphatic hydroxyl groups is 1. The van der Waals surface area contributed by atoms with E-state index in [1.807, 2.05) is 20.8 Å². The van der Waals surface area contributed by atoms with Crippen LogP contribution in [-0.2, 0) is 0 Å². The number of hydrogen-bond donors (Lipinski definition) is 3. The summed E-state index contributed by atoms with van der Waals surface area (Å²) >= 11 is 0. The second kappa shape index (κ2) is 7.00. The molecule has 0 radical (unpaired) electrons. The van der Waals surface area contributed by atoms with Gasteiger partial charge in [0.05, 0.1) is 7.11 Å². The second-order valence-corrected chi connectivity index (χ2v) is 4.23. The minimum Gasteiger partial charge on any atom is -0.490 e. The van der Waals surface area contributed by atoms with Gasteiger partial charge in [0, 0.05) is 19.2 Å². The minimum absolute atomic E-state index is 0.0910. The van der Waals surface area contributed by atoms with Crippen LogP contribution in [0.15, 0.2) is 6.33 Å². The molecular weight excluding hydrogens is 232 g/mol. The molecule has 1 aromatic heterocycles. The highest BCUT2D eigenvalue weighted by atomic mass is 16.5. The molecule has 1 aromatic rings. The summed E-state index contributed by atoms with van der Waals surface area (Å²) in [6.07, 6.45) is 1.49. The zero-order valence-corrected chi connectivity index (χ0v) is 11.4. The van der Waals surface area contributed by atoms with E-state index in [-0.39, 0.29) is 18.6 Å². The number of nitrogens with zero attached hydrogens (tertiary/aromatic N) is 2. The van der Waals surface area contributed by atoms with Gasteiger partial charge >= 0.3 is 0 Å². The lowest BCUT2D eigenvalue weighted by atomic mass is 10.1. The first kappa shape index (κ1) is 14.5. The van der Waals surface area contributed by atoms with Crippen molar-refractivity contribution in [1.29, 1.82) is 0 Å². The van der Waals surface area contributed by atoms with Crippen LogP contribution >= 0.6 is 0 Å². The van der Waals surface area contributed by atoms with Gasteiger partial charge in [-0.2, -0.15) is 0 Å². The summed E-state index contributed by atoms with van der Waals surface area (Å²) < 4.78 is 5.33. The Labute approximate surface area is 108 Å². The third-order valence-electron chi connectivity index (χ3n) is 2.86. The molecule has 6 heteroatoms. The Balaban J connectivity index is 2.91. The SMILES string of the molecule is CCNc1ncnc(NC(C)C(C)CO)c1OC. The first-order chi connectivity index (χ1) is 8.63. The maximum atomic E-state index is 9.13. The molecule has 0 bridgehead atoms. The third-order valence-corrected chi connectivity index (χ3v) is 2.86. The Morgan fingerprint density at radius 1 is 1.33 bits per heavy atom. The van der Waals surface area contributed by atoms with Gasteiger partial charge in [0.2, 0.25) is 5.75 Å². The molecule has 0 fully saturated rings. The maximum absolute atomic E-state index is 9.13. The number of nitrogens with one attached hydrogen (secondary N) is 2. The van der Waals surface area contributed by atoms with Crippen LogP contribution in [0.4, 0.5) is 11.6 Å². The fraction of sp³-hybridized carbons (Fsp3) is 0.667. The highest BCUT2D eigenvalue weighted by Crippen LogP contribution is 2.29. The van der Waals surface area contributed by atoms with E-state index in [0.29, 0.717) is 17.4 Å². The third kappa shape index (κ3) is 3.46. The van der Waals surface area contributed by atoms with Crippen molar-refractivity contribution in [3.8, 4) is 5.75 Å². The summed E-state index contributed by atoms with van der Waals surface area (Å²) in [6, 6.07) is 0.0910. The second-order valence-electron chi connectivity index (χ2n) is 4.23. The summed E-state index contributed by atoms with van der Waals surface area (Å²) in [4.78, 5) is 8.32. The number of methoxy groups -OCH3 is 1. The maximum Gasteiger partial charge on any atom is 0.204 e. The van der Waals surface area contributed by atoms with Gasteiger partial charge in [-0.15, -0.1) is 0 Å². The molecule has 102 valence electrons. The molecule has 1 rings (SSSR count). The van der Waals surface area contributed by atoms with Crippen molar-refractivity contribution < 1.29 is 9.84 Å². The van der Waals surface area contributed by atoms with Crippen LogP contribution in [0.2, 0.25) is 0 Å². The summed E-state index contributed by atoms with van der Waals surface area (Å²) in [6.45, 7) is 6.84. The normalized spacial score (nSPS) is 13.8. The standard InChI is InChI=1S/C12H22N4O2/c1-5-13-11-10(18-4)12(15-7-14-11)16-9(3)8(2)6-17/h7-9,17H,5-6H2,1-4H3,(H2,13,14,15,16). The lowest BCUT2D eigenvalue weighted by molar-refractivity contribution is 0.226. The van der Waals surface area contributed by atoms with E-state index in [9.17, 15) is 0 Å². The topological polar surface area (TPSA) is 79.3 Å². The lowest BCUT2D eigenvalue weighted by Gasteiger charge is -2.21. The van der Waals surface area contributed by atoms with E-state index in [2.05, 4.69) is 20.6 Å². The molecule has 0 saturated carbocycles. The van der Waals surface area contributed by atoms with Crippen molar-refractivity contribution >= 4 is 11.6 Å². The minimum atomic E-state index is 0.0910. The highest BCUT2D eigenvalue weighted by molar-refractivity contribution is 5.63. The van der Waals surface area contributed by atoms with Gasteiger partial charge in [0.25, 0.3) is 0 Å². The molecule has 3 N–H and O–H groups in total. The van der Waals surface area contributed by atoms with Gasteiger partial charge in [-0.3, -0.25) is 0 Å². The summed E-state index contributed by atoms with van der Waals surface area (Å²) in [5.74, 6) is 2.03. The monoisotopic (exact) mass is 254 g/mol. The smallest absolute Gasteiger partial charge is 0.204 e. The summed E-state index contributed by atoms with van der Waals surface area (Å²) in [5, 5.41) is 15.5. The van der Waals surface area contributed by atoms with E-state index in [0.717, 1.165) is 6.54 Å². The number of ether oxygens (including phenoxy) is 1. The first-order valence-electron chi connectivity index (χ1n) is 6.14. The molecule has 0 aliphatic heterocycles. The molecule has 2 unspecified atom stereocenters. The molecule has 6 nitrogen and oxygen atoms in total. The molecule has 18 heavy (non-hydrogen) atoms. The first-order valence-corrected chi connectivity index (χ1v) is 6.14. The van der Waals surface area contributed by atoms with Gasteiger partial charge in [0.1, 0.15) is 6.33 Å². The number of anilines is 2. The van der Waals surface area contributed by atoms with Crippen LogP contribution in [0, 0.1) is 5.92 Å². The van der Waals surface area contributed by atoms with Crippen LogP contribution in [0.3, 0.4) is 0 Å². The van der Waals surface area contributed by atoms with Crippen molar-refractivity contribution in [3.05, 3.63) is 6.33 Å². The number of hydrogen-bond acceptors (Lipinski definition) is 6. The van der Waals surface area contributed by atoms with Crippen LogP contribution in [0.5, 0.6) is 5.75 Å². The van der Waals surface area contributed by atoms with Gasteiger partial charge in [-0.1, -0.05) is 6.92 Å². The van der Waals surface area contributed by atoms with Gasteiger partial charge in [0.15, 0.2) is 11.6 Å². The zero-order valence-electron chi connectivity index (χ0n) is 11.4. The van der Waals surface area contributed by atoms with Crippen molar-refractivity contribution in [1.82, 2.24) is 9.97 Å². The van der Waals surface area contributed by atoms with Crippen LogP contribution < -0.4 is 15.4 Å². The summed E-state index contributed by atoms with van der Waals surface area (Å²) in [7, 11) is 1.59. The van der Waals surface area contributed by atoms with E-state index >= 15 is 0 Å². The summed E-state index contributed by atoms with van der Waals surface area (Å²) in [5.41, 5.74) is 0. The van der Waals surface area contributed by atoms with E-state index in [1.165, 1.54) is 6.33 Å². The van der Waals surface area contributed by atoms with Gasteiger partial charge < -0.3 is 20.5 Å². The van der Waals surface area contributed by atoms with Crippen molar-refractivity contribution in [2.24, 2.45) is 5.92 Å². The van der Waals surface area contributed by atoms with Gasteiger partial charge in [-0.05, 0) is 19.8 Å². The molecule has 0 saturated heterocycles. The van der Waals surface area contributed by atoms with Gasteiger partial charge in [-0.25, -0.2) is 9.97 Å². The molecule has 0 amide bonds. The number of aliphatic hydroxyl groups excluding tert-OH is 1. The van der Waals surface area contributed by atoms with E-state index in [1.54, 1.807) is 7.11 Å². The molecular formula is C12H22N4O2. The van der Waals surface area contributed by atoms with Crippen molar-refractivity contribution in [3.63, 3.8) is 0 Å².